The molecule has 0 aromatic heterocycles. The number of nitro benzene ring substituents is 1. The first kappa shape index (κ1) is 19.4. The van der Waals surface area contributed by atoms with E-state index in [0.717, 1.165) is 25.9 Å². The SMILES string of the molecule is C[C@@H]1CCCN(c2ccc(C(=O)OCc3cccc(C#N)c3)cc2[N+](=O)[O-])C1. The van der Waals surface area contributed by atoms with Crippen molar-refractivity contribution >= 4 is 17.3 Å². The number of esters is 1. The van der Waals surface area contributed by atoms with Crippen molar-refractivity contribution in [1.29, 1.82) is 5.26 Å². The fourth-order valence-corrected chi connectivity index (χ4v) is 3.44. The third-order valence-corrected chi connectivity index (χ3v) is 4.83. The molecule has 1 saturated heterocycles. The van der Waals surface area contributed by atoms with Gasteiger partial charge in [0, 0.05) is 19.2 Å². The number of hydrogen-bond acceptors (Lipinski definition) is 6. The molecule has 0 unspecified atom stereocenters. The Hall–Kier alpha value is -3.40. The van der Waals surface area contributed by atoms with Gasteiger partial charge in [0.1, 0.15) is 12.3 Å². The normalized spacial score (nSPS) is 16.3. The van der Waals surface area contributed by atoms with E-state index >= 15 is 0 Å². The molecule has 144 valence electrons. The summed E-state index contributed by atoms with van der Waals surface area (Å²) in [4.78, 5) is 25.5. The van der Waals surface area contributed by atoms with Crippen molar-refractivity contribution in [2.24, 2.45) is 5.92 Å². The molecule has 7 heteroatoms. The number of hydrogen-bond donors (Lipinski definition) is 0. The number of nitro groups is 1. The van der Waals surface area contributed by atoms with Crippen molar-refractivity contribution in [3.05, 3.63) is 69.3 Å². The summed E-state index contributed by atoms with van der Waals surface area (Å²) in [6.45, 7) is 3.66. The Morgan fingerprint density at radius 3 is 2.89 bits per heavy atom. The Morgan fingerprint density at radius 2 is 2.18 bits per heavy atom. The number of carbonyl (C=O) groups is 1. The van der Waals surface area contributed by atoms with Gasteiger partial charge in [0.25, 0.3) is 5.69 Å². The summed E-state index contributed by atoms with van der Waals surface area (Å²) in [5, 5.41) is 20.5. The molecule has 0 aliphatic carbocycles. The maximum Gasteiger partial charge on any atom is 0.338 e. The van der Waals surface area contributed by atoms with Gasteiger partial charge in [0.05, 0.1) is 22.1 Å². The highest BCUT2D eigenvalue weighted by atomic mass is 16.6. The van der Waals surface area contributed by atoms with Crippen LogP contribution in [-0.2, 0) is 11.3 Å². The highest BCUT2D eigenvalue weighted by Crippen LogP contribution is 2.32. The molecule has 1 atom stereocenters. The lowest BCUT2D eigenvalue weighted by Gasteiger charge is -2.32. The molecule has 0 amide bonds. The standard InChI is InChI=1S/C21H21N3O4/c1-15-4-3-9-23(13-15)19-8-7-18(11-20(19)24(26)27)21(25)28-14-17-6-2-5-16(10-17)12-22/h2,5-8,10-11,15H,3-4,9,13-14H2,1H3/t15-/m1/s1. The number of ether oxygens (including phenoxy) is 1. The molecular formula is C21H21N3O4. The Balaban J connectivity index is 1.76. The van der Waals surface area contributed by atoms with E-state index in [-0.39, 0.29) is 17.9 Å². The number of nitriles is 1. The van der Waals surface area contributed by atoms with Crippen LogP contribution in [-0.4, -0.2) is 24.0 Å². The van der Waals surface area contributed by atoms with Crippen molar-refractivity contribution in [1.82, 2.24) is 0 Å². The number of carbonyl (C=O) groups excluding carboxylic acids is 1. The summed E-state index contributed by atoms with van der Waals surface area (Å²) in [5.74, 6) is -0.161. The smallest absolute Gasteiger partial charge is 0.338 e. The molecule has 7 nitrogen and oxygen atoms in total. The van der Waals surface area contributed by atoms with Crippen LogP contribution in [0.2, 0.25) is 0 Å². The number of anilines is 1. The monoisotopic (exact) mass is 379 g/mol. The van der Waals surface area contributed by atoms with Crippen LogP contribution in [0.15, 0.2) is 42.5 Å². The molecule has 28 heavy (non-hydrogen) atoms. The van der Waals surface area contributed by atoms with Gasteiger partial charge in [-0.1, -0.05) is 19.1 Å². The lowest BCUT2D eigenvalue weighted by atomic mass is 9.99. The van der Waals surface area contributed by atoms with Crippen LogP contribution < -0.4 is 4.90 Å². The Labute approximate surface area is 163 Å². The van der Waals surface area contributed by atoms with Gasteiger partial charge in [-0.05, 0) is 48.6 Å². The lowest BCUT2D eigenvalue weighted by Crippen LogP contribution is -2.34. The number of rotatable bonds is 5. The third-order valence-electron chi connectivity index (χ3n) is 4.83. The van der Waals surface area contributed by atoms with Gasteiger partial charge < -0.3 is 9.64 Å². The van der Waals surface area contributed by atoms with E-state index in [2.05, 4.69) is 6.92 Å². The zero-order valence-corrected chi connectivity index (χ0v) is 15.6. The fraction of sp³-hybridized carbons (Fsp3) is 0.333. The highest BCUT2D eigenvalue weighted by molar-refractivity contribution is 5.91. The van der Waals surface area contributed by atoms with Crippen molar-refractivity contribution in [3.8, 4) is 6.07 Å². The van der Waals surface area contributed by atoms with E-state index in [1.807, 2.05) is 11.0 Å². The minimum atomic E-state index is -0.635. The van der Waals surface area contributed by atoms with E-state index in [0.29, 0.717) is 22.7 Å². The minimum absolute atomic E-state index is 0.00641. The van der Waals surface area contributed by atoms with Gasteiger partial charge in [-0.2, -0.15) is 5.26 Å². The number of piperidine rings is 1. The molecule has 1 heterocycles. The fourth-order valence-electron chi connectivity index (χ4n) is 3.44. The first-order valence-electron chi connectivity index (χ1n) is 9.17. The predicted molar refractivity (Wildman–Crippen MR) is 104 cm³/mol. The second-order valence-corrected chi connectivity index (χ2v) is 7.04. The maximum atomic E-state index is 12.4. The summed E-state index contributed by atoms with van der Waals surface area (Å²) < 4.78 is 5.27. The zero-order valence-electron chi connectivity index (χ0n) is 15.6. The van der Waals surface area contributed by atoms with E-state index in [1.54, 1.807) is 36.4 Å². The van der Waals surface area contributed by atoms with Gasteiger partial charge >= 0.3 is 5.97 Å². The number of benzene rings is 2. The van der Waals surface area contributed by atoms with Crippen LogP contribution >= 0.6 is 0 Å². The van der Waals surface area contributed by atoms with Crippen LogP contribution in [0, 0.1) is 27.4 Å². The van der Waals surface area contributed by atoms with Gasteiger partial charge in [-0.3, -0.25) is 10.1 Å². The second kappa shape index (κ2) is 8.53. The summed E-state index contributed by atoms with van der Waals surface area (Å²) in [6, 6.07) is 13.3. The van der Waals surface area contributed by atoms with Crippen molar-refractivity contribution in [3.63, 3.8) is 0 Å². The molecule has 1 aliphatic rings. The predicted octanol–water partition coefficient (Wildman–Crippen LogP) is 4.06. The molecule has 0 spiro atoms. The molecule has 0 N–H and O–H groups in total. The zero-order chi connectivity index (χ0) is 20.1. The second-order valence-electron chi connectivity index (χ2n) is 7.04. The lowest BCUT2D eigenvalue weighted by molar-refractivity contribution is -0.384. The van der Waals surface area contributed by atoms with Crippen LogP contribution in [0.4, 0.5) is 11.4 Å². The quantitative estimate of drug-likeness (QED) is 0.441. The van der Waals surface area contributed by atoms with Crippen molar-refractivity contribution in [2.75, 3.05) is 18.0 Å². The average molecular weight is 379 g/mol. The minimum Gasteiger partial charge on any atom is -0.457 e. The van der Waals surface area contributed by atoms with Crippen LogP contribution in [0.3, 0.4) is 0 Å². The molecule has 0 saturated carbocycles. The van der Waals surface area contributed by atoms with Gasteiger partial charge in [-0.25, -0.2) is 4.79 Å². The molecule has 3 rings (SSSR count). The van der Waals surface area contributed by atoms with Crippen LogP contribution in [0.1, 0.15) is 41.3 Å². The van der Waals surface area contributed by atoms with Crippen molar-refractivity contribution in [2.45, 2.75) is 26.4 Å². The van der Waals surface area contributed by atoms with Crippen molar-refractivity contribution < 1.29 is 14.5 Å². The van der Waals surface area contributed by atoms with E-state index < -0.39 is 10.9 Å². The van der Waals surface area contributed by atoms with E-state index in [4.69, 9.17) is 10.00 Å². The van der Waals surface area contributed by atoms with Gasteiger partial charge in [0.15, 0.2) is 0 Å². The largest absolute Gasteiger partial charge is 0.457 e. The van der Waals surface area contributed by atoms with E-state index in [1.165, 1.54) is 6.07 Å². The average Bonchev–Trinajstić information content (AvgIpc) is 2.71. The Morgan fingerprint density at radius 1 is 1.36 bits per heavy atom. The molecule has 1 fully saturated rings. The molecular weight excluding hydrogens is 358 g/mol. The van der Waals surface area contributed by atoms with Crippen LogP contribution in [0.5, 0.6) is 0 Å². The molecule has 0 bridgehead atoms. The molecule has 1 aliphatic heterocycles. The first-order valence-corrected chi connectivity index (χ1v) is 9.17. The summed E-state index contributed by atoms with van der Waals surface area (Å²) in [5.41, 5.74) is 1.74. The van der Waals surface area contributed by atoms with Gasteiger partial charge in [-0.15, -0.1) is 0 Å². The first-order chi connectivity index (χ1) is 13.5. The highest BCUT2D eigenvalue weighted by Gasteiger charge is 2.25. The molecule has 0 radical (unpaired) electrons. The topological polar surface area (TPSA) is 96.5 Å². The Kier molecular flexibility index (Phi) is 5.90. The van der Waals surface area contributed by atoms with Crippen LogP contribution in [0.25, 0.3) is 0 Å². The maximum absolute atomic E-state index is 12.4. The molecule has 2 aromatic carbocycles. The van der Waals surface area contributed by atoms with Gasteiger partial charge in [0.2, 0.25) is 0 Å². The summed E-state index contributed by atoms with van der Waals surface area (Å²) in [6.07, 6.45) is 2.10. The number of nitrogens with zero attached hydrogens (tertiary/aromatic N) is 3. The molecule has 2 aromatic rings. The summed E-state index contributed by atoms with van der Waals surface area (Å²) in [7, 11) is 0. The Bertz CT molecular complexity index is 935. The third kappa shape index (κ3) is 4.46. The summed E-state index contributed by atoms with van der Waals surface area (Å²) >= 11 is 0. The van der Waals surface area contributed by atoms with E-state index in [9.17, 15) is 14.9 Å².